The maximum absolute atomic E-state index is 5.52. The number of hydrogen-bond donors (Lipinski definition) is 1. The summed E-state index contributed by atoms with van der Waals surface area (Å²) in [7, 11) is 0. The number of nitrogens with zero attached hydrogens (tertiary/aromatic N) is 1. The second-order valence-electron chi connectivity index (χ2n) is 4.72. The number of halogens is 1. The Labute approximate surface area is 116 Å². The number of rotatable bonds is 6. The molecule has 1 saturated carbocycles. The van der Waals surface area contributed by atoms with Gasteiger partial charge in [0.2, 0.25) is 5.88 Å². The van der Waals surface area contributed by atoms with E-state index in [-0.39, 0.29) is 12.4 Å². The van der Waals surface area contributed by atoms with Crippen LogP contribution in [0.1, 0.15) is 32.1 Å². The highest BCUT2D eigenvalue weighted by Crippen LogP contribution is 2.22. The molecule has 1 fully saturated rings. The molecule has 102 valence electrons. The number of nitrogens with one attached hydrogen (secondary N) is 1. The number of aromatic nitrogens is 1. The Morgan fingerprint density at radius 2 is 2.06 bits per heavy atom. The molecule has 0 aliphatic heterocycles. The van der Waals surface area contributed by atoms with Crippen molar-refractivity contribution in [1.29, 1.82) is 0 Å². The van der Waals surface area contributed by atoms with Crippen molar-refractivity contribution < 1.29 is 4.74 Å². The first-order chi connectivity index (χ1) is 8.45. The van der Waals surface area contributed by atoms with Gasteiger partial charge in [-0.3, -0.25) is 0 Å². The second-order valence-corrected chi connectivity index (χ2v) is 4.72. The van der Waals surface area contributed by atoms with Crippen LogP contribution in [0, 0.1) is 5.92 Å². The molecule has 0 spiro atoms. The fourth-order valence-electron chi connectivity index (χ4n) is 2.36. The van der Waals surface area contributed by atoms with E-state index in [0.717, 1.165) is 19.0 Å². The first-order valence-corrected chi connectivity index (χ1v) is 6.70. The minimum atomic E-state index is 0. The Morgan fingerprint density at radius 3 is 2.78 bits per heavy atom. The van der Waals surface area contributed by atoms with E-state index >= 15 is 0 Å². The average molecular weight is 271 g/mol. The Bertz CT molecular complexity index is 302. The summed E-state index contributed by atoms with van der Waals surface area (Å²) in [5, 5.41) is 3.47. The predicted octanol–water partition coefficient (Wildman–Crippen LogP) is 3.05. The van der Waals surface area contributed by atoms with E-state index in [0.29, 0.717) is 12.5 Å². The summed E-state index contributed by atoms with van der Waals surface area (Å²) < 4.78 is 5.52. The van der Waals surface area contributed by atoms with Crippen molar-refractivity contribution in [1.82, 2.24) is 10.3 Å². The van der Waals surface area contributed by atoms with Crippen LogP contribution in [0.5, 0.6) is 5.88 Å². The molecule has 0 unspecified atom stereocenters. The van der Waals surface area contributed by atoms with Crippen molar-refractivity contribution in [2.45, 2.75) is 32.1 Å². The first kappa shape index (κ1) is 15.3. The second kappa shape index (κ2) is 9.17. The van der Waals surface area contributed by atoms with Crippen molar-refractivity contribution in [2.75, 3.05) is 19.7 Å². The first-order valence-electron chi connectivity index (χ1n) is 6.70. The van der Waals surface area contributed by atoms with E-state index < -0.39 is 0 Å². The van der Waals surface area contributed by atoms with Crippen LogP contribution in [0.4, 0.5) is 0 Å². The van der Waals surface area contributed by atoms with Crippen molar-refractivity contribution in [2.24, 2.45) is 5.92 Å². The fraction of sp³-hybridized carbons (Fsp3) is 0.643. The molecule has 0 bridgehead atoms. The van der Waals surface area contributed by atoms with Crippen LogP contribution in [0.25, 0.3) is 0 Å². The summed E-state index contributed by atoms with van der Waals surface area (Å²) in [6, 6.07) is 5.73. The highest BCUT2D eigenvalue weighted by molar-refractivity contribution is 5.85. The Hall–Kier alpha value is -0.800. The third-order valence-electron chi connectivity index (χ3n) is 3.32. The summed E-state index contributed by atoms with van der Waals surface area (Å²) in [4.78, 5) is 4.12. The molecule has 1 aliphatic rings. The summed E-state index contributed by atoms with van der Waals surface area (Å²) in [5.41, 5.74) is 0. The van der Waals surface area contributed by atoms with Crippen molar-refractivity contribution >= 4 is 12.4 Å². The summed E-state index contributed by atoms with van der Waals surface area (Å²) >= 11 is 0. The van der Waals surface area contributed by atoms with Crippen LogP contribution in [0.3, 0.4) is 0 Å². The minimum Gasteiger partial charge on any atom is -0.476 e. The van der Waals surface area contributed by atoms with Gasteiger partial charge in [-0.2, -0.15) is 0 Å². The molecule has 3 nitrogen and oxygen atoms in total. The smallest absolute Gasteiger partial charge is 0.213 e. The molecule has 1 N–H and O–H groups in total. The molecular formula is C14H23ClN2O. The monoisotopic (exact) mass is 270 g/mol. The lowest BCUT2D eigenvalue weighted by molar-refractivity contribution is 0.287. The van der Waals surface area contributed by atoms with E-state index in [2.05, 4.69) is 10.3 Å². The van der Waals surface area contributed by atoms with E-state index in [1.54, 1.807) is 6.20 Å². The van der Waals surface area contributed by atoms with E-state index in [1.807, 2.05) is 18.2 Å². The van der Waals surface area contributed by atoms with Crippen molar-refractivity contribution in [3.63, 3.8) is 0 Å². The lowest BCUT2D eigenvalue weighted by Crippen LogP contribution is -2.28. The lowest BCUT2D eigenvalue weighted by Gasteiger charge is -2.21. The van der Waals surface area contributed by atoms with Gasteiger partial charge in [-0.15, -0.1) is 12.4 Å². The molecule has 1 aliphatic carbocycles. The van der Waals surface area contributed by atoms with Crippen molar-refractivity contribution in [3.05, 3.63) is 24.4 Å². The topological polar surface area (TPSA) is 34.1 Å². The standard InChI is InChI=1S/C14H22N2O.ClH/c1-2-6-13(7-3-1)12-15-10-11-17-14-8-4-5-9-16-14;/h4-5,8-9,13,15H,1-3,6-7,10-12H2;1H. The molecule has 1 aromatic rings. The molecule has 0 atom stereocenters. The van der Waals surface area contributed by atoms with Gasteiger partial charge < -0.3 is 10.1 Å². The van der Waals surface area contributed by atoms with Gasteiger partial charge in [0.15, 0.2) is 0 Å². The Morgan fingerprint density at radius 1 is 1.22 bits per heavy atom. The van der Waals surface area contributed by atoms with Gasteiger partial charge in [0.25, 0.3) is 0 Å². The predicted molar refractivity (Wildman–Crippen MR) is 76.4 cm³/mol. The Balaban J connectivity index is 0.00000162. The summed E-state index contributed by atoms with van der Waals surface area (Å²) in [6.07, 6.45) is 8.81. The number of hydrogen-bond acceptors (Lipinski definition) is 3. The average Bonchev–Trinajstić information content (AvgIpc) is 2.41. The summed E-state index contributed by atoms with van der Waals surface area (Å²) in [6.45, 7) is 2.75. The van der Waals surface area contributed by atoms with Crippen LogP contribution in [0.15, 0.2) is 24.4 Å². The van der Waals surface area contributed by atoms with Gasteiger partial charge in [-0.25, -0.2) is 4.98 Å². The van der Waals surface area contributed by atoms with E-state index in [4.69, 9.17) is 4.74 Å². The van der Waals surface area contributed by atoms with Crippen molar-refractivity contribution in [3.8, 4) is 5.88 Å². The van der Waals surface area contributed by atoms with Gasteiger partial charge in [0.05, 0.1) is 0 Å². The molecule has 18 heavy (non-hydrogen) atoms. The van der Waals surface area contributed by atoms with Crippen LogP contribution >= 0.6 is 12.4 Å². The zero-order valence-electron chi connectivity index (χ0n) is 10.8. The highest BCUT2D eigenvalue weighted by Gasteiger charge is 2.12. The largest absolute Gasteiger partial charge is 0.476 e. The SMILES string of the molecule is Cl.c1ccc(OCCNCC2CCCCC2)nc1. The third kappa shape index (κ3) is 5.69. The molecule has 0 aromatic carbocycles. The van der Waals surface area contributed by atoms with Gasteiger partial charge >= 0.3 is 0 Å². The zero-order valence-corrected chi connectivity index (χ0v) is 11.6. The summed E-state index contributed by atoms with van der Waals surface area (Å²) in [5.74, 6) is 1.60. The van der Waals surface area contributed by atoms with Gasteiger partial charge in [0.1, 0.15) is 6.61 Å². The molecule has 4 heteroatoms. The van der Waals surface area contributed by atoms with Crippen LogP contribution in [0.2, 0.25) is 0 Å². The van der Waals surface area contributed by atoms with E-state index in [9.17, 15) is 0 Å². The maximum atomic E-state index is 5.52. The van der Waals surface area contributed by atoms with Crippen LogP contribution in [-0.2, 0) is 0 Å². The fourth-order valence-corrected chi connectivity index (χ4v) is 2.36. The molecule has 0 amide bonds. The number of pyridine rings is 1. The normalized spacial score (nSPS) is 16.0. The van der Waals surface area contributed by atoms with E-state index in [1.165, 1.54) is 32.1 Å². The molecule has 1 heterocycles. The number of ether oxygens (including phenoxy) is 1. The van der Waals surface area contributed by atoms with Crippen LogP contribution < -0.4 is 10.1 Å². The van der Waals surface area contributed by atoms with Gasteiger partial charge in [-0.05, 0) is 31.4 Å². The highest BCUT2D eigenvalue weighted by atomic mass is 35.5. The molecule has 0 radical (unpaired) electrons. The van der Waals surface area contributed by atoms with Gasteiger partial charge in [0, 0.05) is 18.8 Å². The van der Waals surface area contributed by atoms with Gasteiger partial charge in [-0.1, -0.05) is 25.3 Å². The lowest BCUT2D eigenvalue weighted by atomic mass is 9.89. The molecule has 1 aromatic heterocycles. The third-order valence-corrected chi connectivity index (χ3v) is 3.32. The Kier molecular flexibility index (Phi) is 7.78. The minimum absolute atomic E-state index is 0. The maximum Gasteiger partial charge on any atom is 0.213 e. The quantitative estimate of drug-likeness (QED) is 0.807. The zero-order chi connectivity index (χ0) is 11.8. The molecule has 2 rings (SSSR count). The molecular weight excluding hydrogens is 248 g/mol. The molecule has 0 saturated heterocycles. The van der Waals surface area contributed by atoms with Crippen LogP contribution in [-0.4, -0.2) is 24.7 Å².